The highest BCUT2D eigenvalue weighted by molar-refractivity contribution is 6.30. The summed E-state index contributed by atoms with van der Waals surface area (Å²) in [6.07, 6.45) is 8.64. The van der Waals surface area contributed by atoms with Crippen LogP contribution in [-0.4, -0.2) is 0 Å². The first-order valence-electron chi connectivity index (χ1n) is 10.4. The second-order valence-corrected chi connectivity index (χ2v) is 7.86. The number of hydrogen-bond donors (Lipinski definition) is 0. The summed E-state index contributed by atoms with van der Waals surface area (Å²) in [5.41, 5.74) is 5.25. The highest BCUT2D eigenvalue weighted by atomic mass is 35.5. The molecule has 0 aliphatic rings. The lowest BCUT2D eigenvalue weighted by molar-refractivity contribution is 0.624. The van der Waals surface area contributed by atoms with Crippen LogP contribution >= 0.6 is 11.6 Å². The van der Waals surface area contributed by atoms with Gasteiger partial charge in [-0.1, -0.05) is 65.9 Å². The molecule has 0 saturated carbocycles. The van der Waals surface area contributed by atoms with Gasteiger partial charge in [0.25, 0.3) is 0 Å². The molecule has 0 bridgehead atoms. The van der Waals surface area contributed by atoms with Gasteiger partial charge >= 0.3 is 0 Å². The van der Waals surface area contributed by atoms with Crippen LogP contribution in [0.2, 0.25) is 5.02 Å². The molecule has 0 spiro atoms. The van der Waals surface area contributed by atoms with E-state index < -0.39 is 5.82 Å². The minimum Gasteiger partial charge on any atom is -0.206 e. The second kappa shape index (κ2) is 11.4. The predicted octanol–water partition coefficient (Wildman–Crippen LogP) is 7.56. The molecule has 0 saturated heterocycles. The van der Waals surface area contributed by atoms with Gasteiger partial charge in [0, 0.05) is 10.6 Å². The first kappa shape index (κ1) is 21.9. The van der Waals surface area contributed by atoms with Gasteiger partial charge in [-0.15, -0.1) is 6.58 Å². The van der Waals surface area contributed by atoms with Gasteiger partial charge in [-0.2, -0.15) is 0 Å². The van der Waals surface area contributed by atoms with Crippen LogP contribution in [0.3, 0.4) is 0 Å². The molecule has 0 unspecified atom stereocenters. The van der Waals surface area contributed by atoms with Gasteiger partial charge in [0.05, 0.1) is 5.56 Å². The largest absolute Gasteiger partial charge is 0.206 e. The van der Waals surface area contributed by atoms with E-state index in [2.05, 4.69) is 54.8 Å². The molecular weight excluding hydrogens is 391 g/mol. The first-order chi connectivity index (χ1) is 14.6. The average Bonchev–Trinajstić information content (AvgIpc) is 2.76. The van der Waals surface area contributed by atoms with Gasteiger partial charge in [0.2, 0.25) is 0 Å². The lowest BCUT2D eigenvalue weighted by Gasteiger charge is -2.05. The number of benzene rings is 3. The third kappa shape index (κ3) is 6.90. The standard InChI is InChI=1S/C28H26ClF/c1-2-3-4-5-6-22-7-9-23(10-8-22)11-12-24-13-15-25(16-14-24)17-18-26-19-20-27(29)21-28(26)30/h2,7-10,13-16,19-21H,1,3-6,11-12H2. The molecule has 3 rings (SSSR count). The SMILES string of the molecule is C=CCCCCc1ccc(CCc2ccc(C#Cc3ccc(Cl)cc3F)cc2)cc1. The van der Waals surface area contributed by atoms with Gasteiger partial charge in [0.1, 0.15) is 5.82 Å². The number of rotatable bonds is 8. The molecule has 0 nitrogen and oxygen atoms in total. The van der Waals surface area contributed by atoms with E-state index in [4.69, 9.17) is 11.6 Å². The zero-order valence-electron chi connectivity index (χ0n) is 17.1. The highest BCUT2D eigenvalue weighted by Crippen LogP contribution is 2.15. The molecule has 3 aromatic rings. The summed E-state index contributed by atoms with van der Waals surface area (Å²) in [6, 6.07) is 21.7. The Kier molecular flexibility index (Phi) is 8.30. The van der Waals surface area contributed by atoms with E-state index in [1.807, 2.05) is 18.2 Å². The molecule has 0 amide bonds. The molecule has 0 aliphatic carbocycles. The topological polar surface area (TPSA) is 0 Å². The van der Waals surface area contributed by atoms with Crippen molar-refractivity contribution >= 4 is 11.6 Å². The Morgan fingerprint density at radius 3 is 1.97 bits per heavy atom. The van der Waals surface area contributed by atoms with E-state index in [0.717, 1.165) is 31.2 Å². The summed E-state index contributed by atoms with van der Waals surface area (Å²) < 4.78 is 13.8. The lowest BCUT2D eigenvalue weighted by Crippen LogP contribution is -1.93. The van der Waals surface area contributed by atoms with E-state index in [1.165, 1.54) is 35.6 Å². The van der Waals surface area contributed by atoms with Crippen molar-refractivity contribution in [1.29, 1.82) is 0 Å². The molecule has 30 heavy (non-hydrogen) atoms. The predicted molar refractivity (Wildman–Crippen MR) is 125 cm³/mol. The van der Waals surface area contributed by atoms with Crippen molar-refractivity contribution < 1.29 is 4.39 Å². The third-order valence-electron chi connectivity index (χ3n) is 5.08. The van der Waals surface area contributed by atoms with E-state index in [0.29, 0.717) is 10.6 Å². The van der Waals surface area contributed by atoms with Gasteiger partial charge in [-0.05, 0) is 85.5 Å². The van der Waals surface area contributed by atoms with E-state index >= 15 is 0 Å². The molecule has 3 aromatic carbocycles. The maximum atomic E-state index is 13.8. The smallest absolute Gasteiger partial charge is 0.140 e. The van der Waals surface area contributed by atoms with Crippen LogP contribution in [0.1, 0.15) is 47.1 Å². The van der Waals surface area contributed by atoms with Crippen molar-refractivity contribution in [2.24, 2.45) is 0 Å². The second-order valence-electron chi connectivity index (χ2n) is 7.42. The van der Waals surface area contributed by atoms with Crippen LogP contribution < -0.4 is 0 Å². The highest BCUT2D eigenvalue weighted by Gasteiger charge is 2.00. The Bertz CT molecular complexity index is 1020. The van der Waals surface area contributed by atoms with Gasteiger partial charge in [0.15, 0.2) is 0 Å². The summed E-state index contributed by atoms with van der Waals surface area (Å²) >= 11 is 5.77. The van der Waals surface area contributed by atoms with Crippen LogP contribution in [0.5, 0.6) is 0 Å². The molecule has 0 aliphatic heterocycles. The molecule has 0 atom stereocenters. The van der Waals surface area contributed by atoms with Crippen LogP contribution in [-0.2, 0) is 19.3 Å². The maximum absolute atomic E-state index is 13.8. The number of allylic oxidation sites excluding steroid dienone is 1. The van der Waals surface area contributed by atoms with Gasteiger partial charge < -0.3 is 0 Å². The Morgan fingerprint density at radius 2 is 1.37 bits per heavy atom. The van der Waals surface area contributed by atoms with Crippen molar-refractivity contribution in [1.82, 2.24) is 0 Å². The van der Waals surface area contributed by atoms with Crippen LogP contribution in [0.15, 0.2) is 79.4 Å². The summed E-state index contributed by atoms with van der Waals surface area (Å²) in [6.45, 7) is 3.77. The fourth-order valence-electron chi connectivity index (χ4n) is 3.26. The summed E-state index contributed by atoms with van der Waals surface area (Å²) in [7, 11) is 0. The van der Waals surface area contributed by atoms with E-state index in [9.17, 15) is 4.39 Å². The molecule has 0 aromatic heterocycles. The Balaban J connectivity index is 1.51. The monoisotopic (exact) mass is 416 g/mol. The van der Waals surface area contributed by atoms with E-state index in [-0.39, 0.29) is 0 Å². The molecule has 2 heteroatoms. The maximum Gasteiger partial charge on any atom is 0.140 e. The molecular formula is C28H26ClF. The molecule has 152 valence electrons. The molecule has 0 N–H and O–H groups in total. The van der Waals surface area contributed by atoms with Gasteiger partial charge in [-0.25, -0.2) is 4.39 Å². The molecule has 0 fully saturated rings. The number of unbranched alkanes of at least 4 members (excludes halogenated alkanes) is 2. The molecule has 0 radical (unpaired) electrons. The minimum absolute atomic E-state index is 0.354. The van der Waals surface area contributed by atoms with Crippen LogP contribution in [0.25, 0.3) is 0 Å². The van der Waals surface area contributed by atoms with Crippen LogP contribution in [0.4, 0.5) is 4.39 Å². The average molecular weight is 417 g/mol. The fourth-order valence-corrected chi connectivity index (χ4v) is 3.42. The Morgan fingerprint density at radius 1 is 0.767 bits per heavy atom. The van der Waals surface area contributed by atoms with Crippen molar-refractivity contribution in [2.75, 3.05) is 0 Å². The number of aryl methyl sites for hydroxylation is 3. The zero-order valence-corrected chi connectivity index (χ0v) is 17.9. The minimum atomic E-state index is -0.394. The normalized spacial score (nSPS) is 10.3. The van der Waals surface area contributed by atoms with Crippen molar-refractivity contribution in [3.05, 3.63) is 118 Å². The van der Waals surface area contributed by atoms with Crippen molar-refractivity contribution in [3.63, 3.8) is 0 Å². The number of hydrogen-bond acceptors (Lipinski definition) is 0. The van der Waals surface area contributed by atoms with Crippen molar-refractivity contribution in [3.8, 4) is 11.8 Å². The number of halogens is 2. The summed E-state index contributed by atoms with van der Waals surface area (Å²) in [4.78, 5) is 0. The zero-order chi connectivity index (χ0) is 21.2. The van der Waals surface area contributed by atoms with E-state index in [1.54, 1.807) is 12.1 Å². The summed E-state index contributed by atoms with van der Waals surface area (Å²) in [5.74, 6) is 5.49. The summed E-state index contributed by atoms with van der Waals surface area (Å²) in [5, 5.41) is 0.376. The molecule has 0 heterocycles. The Labute approximate surface area is 184 Å². The third-order valence-corrected chi connectivity index (χ3v) is 5.31. The lowest BCUT2D eigenvalue weighted by atomic mass is 10.0. The van der Waals surface area contributed by atoms with Crippen LogP contribution in [0, 0.1) is 17.7 Å². The van der Waals surface area contributed by atoms with Gasteiger partial charge in [-0.3, -0.25) is 0 Å². The Hall–Kier alpha value is -2.82. The first-order valence-corrected chi connectivity index (χ1v) is 10.8. The fraction of sp³-hybridized carbons (Fsp3) is 0.214. The van der Waals surface area contributed by atoms with Crippen molar-refractivity contribution in [2.45, 2.75) is 38.5 Å². The quantitative estimate of drug-likeness (QED) is 0.202.